The second-order valence-corrected chi connectivity index (χ2v) is 7.49. The Kier molecular flexibility index (Phi) is 4.15. The Morgan fingerprint density at radius 3 is 2.72 bits per heavy atom. The van der Waals surface area contributed by atoms with Crippen LogP contribution in [0.25, 0.3) is 16.7 Å². The number of guanidine groups is 1. The maximum Gasteiger partial charge on any atom is 0.335 e. The average Bonchev–Trinajstić information content (AvgIpc) is 3.01. The smallest absolute Gasteiger partial charge is 0.335 e. The summed E-state index contributed by atoms with van der Waals surface area (Å²) in [5, 5.41) is 20.5. The van der Waals surface area contributed by atoms with Gasteiger partial charge in [-0.15, -0.1) is 0 Å². The first-order chi connectivity index (χ1) is 13.7. The molecule has 0 spiro atoms. The van der Waals surface area contributed by atoms with E-state index in [1.807, 2.05) is 42.7 Å². The Morgan fingerprint density at radius 1 is 1.28 bits per heavy atom. The first-order valence-electron chi connectivity index (χ1n) is 9.16. The Balaban J connectivity index is 1.83. The number of imidazole rings is 1. The zero-order valence-electron chi connectivity index (χ0n) is 16.4. The molecule has 1 fully saturated rings. The maximum atomic E-state index is 12.3. The fourth-order valence-corrected chi connectivity index (χ4v) is 3.75. The van der Waals surface area contributed by atoms with Crippen molar-refractivity contribution >= 4 is 28.9 Å². The lowest BCUT2D eigenvalue weighted by Crippen LogP contribution is -2.58. The van der Waals surface area contributed by atoms with Crippen LogP contribution in [0.2, 0.25) is 0 Å². The molecule has 8 nitrogen and oxygen atoms in total. The second kappa shape index (κ2) is 6.44. The SMILES string of the molecule is Cc1nc2ccc(C(=O)O)cc2n1-c1cccc(C2(C)CC(=O)N(C)C(=N)N2)c1. The summed E-state index contributed by atoms with van der Waals surface area (Å²) in [5.41, 5.74) is 2.55. The van der Waals surface area contributed by atoms with E-state index in [-0.39, 0.29) is 23.9 Å². The molecule has 2 heterocycles. The van der Waals surface area contributed by atoms with E-state index >= 15 is 0 Å². The van der Waals surface area contributed by atoms with Gasteiger partial charge in [0.1, 0.15) is 5.82 Å². The van der Waals surface area contributed by atoms with Crippen LogP contribution in [0.5, 0.6) is 0 Å². The van der Waals surface area contributed by atoms with E-state index in [0.717, 1.165) is 17.1 Å². The summed E-state index contributed by atoms with van der Waals surface area (Å²) >= 11 is 0. The second-order valence-electron chi connectivity index (χ2n) is 7.49. The number of benzene rings is 2. The third-order valence-corrected chi connectivity index (χ3v) is 5.42. The molecule has 1 saturated heterocycles. The molecule has 1 aromatic heterocycles. The quantitative estimate of drug-likeness (QED) is 0.636. The molecule has 3 N–H and O–H groups in total. The molecule has 1 aliphatic heterocycles. The zero-order valence-corrected chi connectivity index (χ0v) is 16.4. The highest BCUT2D eigenvalue weighted by Crippen LogP contribution is 2.31. The molecule has 29 heavy (non-hydrogen) atoms. The molecule has 0 bridgehead atoms. The monoisotopic (exact) mass is 391 g/mol. The number of nitrogens with one attached hydrogen (secondary N) is 2. The lowest BCUT2D eigenvalue weighted by molar-refractivity contribution is -0.129. The highest BCUT2D eigenvalue weighted by atomic mass is 16.4. The van der Waals surface area contributed by atoms with Crippen molar-refractivity contribution in [2.24, 2.45) is 0 Å². The first-order valence-corrected chi connectivity index (χ1v) is 9.16. The predicted molar refractivity (Wildman–Crippen MR) is 108 cm³/mol. The van der Waals surface area contributed by atoms with Crippen LogP contribution in [-0.4, -0.2) is 44.4 Å². The van der Waals surface area contributed by atoms with Crippen molar-refractivity contribution in [1.82, 2.24) is 19.8 Å². The number of hydrogen-bond acceptors (Lipinski definition) is 4. The number of nitrogens with zero attached hydrogens (tertiary/aromatic N) is 3. The van der Waals surface area contributed by atoms with Crippen molar-refractivity contribution in [3.63, 3.8) is 0 Å². The van der Waals surface area contributed by atoms with Crippen LogP contribution in [0.4, 0.5) is 0 Å². The minimum absolute atomic E-state index is 0.0597. The van der Waals surface area contributed by atoms with Gasteiger partial charge in [-0.2, -0.15) is 0 Å². The van der Waals surface area contributed by atoms with Gasteiger partial charge in [0.25, 0.3) is 0 Å². The lowest BCUT2D eigenvalue weighted by atomic mass is 9.86. The molecule has 148 valence electrons. The van der Waals surface area contributed by atoms with Crippen LogP contribution in [0, 0.1) is 12.3 Å². The number of carbonyl (C=O) groups is 2. The Hall–Kier alpha value is -3.68. The summed E-state index contributed by atoms with van der Waals surface area (Å²) < 4.78 is 1.90. The summed E-state index contributed by atoms with van der Waals surface area (Å²) in [5.74, 6) is -0.336. The number of aromatic carboxylic acids is 1. The van der Waals surface area contributed by atoms with E-state index in [2.05, 4.69) is 10.3 Å². The van der Waals surface area contributed by atoms with Crippen molar-refractivity contribution in [2.75, 3.05) is 7.05 Å². The van der Waals surface area contributed by atoms with Crippen LogP contribution < -0.4 is 5.32 Å². The number of aromatic nitrogens is 2. The van der Waals surface area contributed by atoms with E-state index < -0.39 is 11.5 Å². The van der Waals surface area contributed by atoms with Gasteiger partial charge in [-0.3, -0.25) is 19.7 Å². The zero-order chi connectivity index (χ0) is 20.9. The first kappa shape index (κ1) is 18.7. The van der Waals surface area contributed by atoms with Gasteiger partial charge in [0.05, 0.1) is 28.6 Å². The summed E-state index contributed by atoms with van der Waals surface area (Å²) in [6.07, 6.45) is 0.224. The number of rotatable bonds is 3. The van der Waals surface area contributed by atoms with Gasteiger partial charge in [-0.05, 0) is 49.7 Å². The number of amides is 1. The van der Waals surface area contributed by atoms with Crippen molar-refractivity contribution in [2.45, 2.75) is 25.8 Å². The third-order valence-electron chi connectivity index (χ3n) is 5.42. The van der Waals surface area contributed by atoms with Crippen LogP contribution in [-0.2, 0) is 10.3 Å². The molecule has 1 aliphatic rings. The molecule has 2 aromatic carbocycles. The van der Waals surface area contributed by atoms with E-state index in [1.54, 1.807) is 25.2 Å². The van der Waals surface area contributed by atoms with E-state index in [0.29, 0.717) is 11.0 Å². The Bertz CT molecular complexity index is 1160. The van der Waals surface area contributed by atoms with Crippen molar-refractivity contribution in [1.29, 1.82) is 5.41 Å². The van der Waals surface area contributed by atoms with Crippen molar-refractivity contribution in [3.05, 3.63) is 59.4 Å². The molecule has 0 aliphatic carbocycles. The molecule has 1 unspecified atom stereocenters. The number of carboxylic acid groups (broad SMARTS) is 1. The van der Waals surface area contributed by atoms with Crippen LogP contribution >= 0.6 is 0 Å². The Labute approximate surface area is 167 Å². The normalized spacial score (nSPS) is 19.5. The van der Waals surface area contributed by atoms with Gasteiger partial charge >= 0.3 is 5.97 Å². The van der Waals surface area contributed by atoms with Gasteiger partial charge in [0, 0.05) is 12.7 Å². The number of aryl methyl sites for hydroxylation is 1. The standard InChI is InChI=1S/C21H21N5O3/c1-12-23-16-8-7-13(19(28)29)9-17(16)26(12)15-6-4-5-14(10-15)21(2)11-18(27)25(3)20(22)24-21/h4-10H,11H2,1-3H3,(H2,22,24)(H,28,29). The topological polar surface area (TPSA) is 111 Å². The van der Waals surface area contributed by atoms with Gasteiger partial charge < -0.3 is 10.4 Å². The van der Waals surface area contributed by atoms with E-state index in [4.69, 9.17) is 5.41 Å². The third kappa shape index (κ3) is 3.02. The molecule has 0 radical (unpaired) electrons. The maximum absolute atomic E-state index is 12.3. The summed E-state index contributed by atoms with van der Waals surface area (Å²) in [4.78, 5) is 29.5. The summed E-state index contributed by atoms with van der Waals surface area (Å²) in [6, 6.07) is 12.5. The molecule has 1 atom stereocenters. The van der Waals surface area contributed by atoms with Gasteiger partial charge in [0.2, 0.25) is 5.91 Å². The molecule has 8 heteroatoms. The average molecular weight is 391 g/mol. The van der Waals surface area contributed by atoms with E-state index in [1.165, 1.54) is 4.90 Å². The highest BCUT2D eigenvalue weighted by molar-refractivity contribution is 5.99. The predicted octanol–water partition coefficient (Wildman–Crippen LogP) is 2.63. The largest absolute Gasteiger partial charge is 0.478 e. The Morgan fingerprint density at radius 2 is 2.03 bits per heavy atom. The number of fused-ring (bicyclic) bond motifs is 1. The summed E-state index contributed by atoms with van der Waals surface area (Å²) in [7, 11) is 1.58. The fraction of sp³-hybridized carbons (Fsp3) is 0.238. The van der Waals surface area contributed by atoms with Gasteiger partial charge in [0.15, 0.2) is 5.96 Å². The molecular weight excluding hydrogens is 370 g/mol. The number of carbonyl (C=O) groups excluding carboxylic acids is 1. The minimum Gasteiger partial charge on any atom is -0.478 e. The number of hydrogen-bond donors (Lipinski definition) is 3. The minimum atomic E-state index is -0.994. The van der Waals surface area contributed by atoms with Gasteiger partial charge in [-0.1, -0.05) is 12.1 Å². The van der Waals surface area contributed by atoms with Crippen molar-refractivity contribution < 1.29 is 14.7 Å². The van der Waals surface area contributed by atoms with Gasteiger partial charge in [-0.25, -0.2) is 9.78 Å². The molecule has 4 rings (SSSR count). The van der Waals surface area contributed by atoms with Crippen LogP contribution in [0.3, 0.4) is 0 Å². The highest BCUT2D eigenvalue weighted by Gasteiger charge is 2.38. The molecule has 0 saturated carbocycles. The van der Waals surface area contributed by atoms with Crippen LogP contribution in [0.15, 0.2) is 42.5 Å². The fourth-order valence-electron chi connectivity index (χ4n) is 3.75. The van der Waals surface area contributed by atoms with Crippen molar-refractivity contribution in [3.8, 4) is 5.69 Å². The molecule has 3 aromatic rings. The summed E-state index contributed by atoms with van der Waals surface area (Å²) in [6.45, 7) is 3.76. The van der Waals surface area contributed by atoms with E-state index in [9.17, 15) is 14.7 Å². The lowest BCUT2D eigenvalue weighted by Gasteiger charge is -2.39. The number of carboxylic acids is 1. The van der Waals surface area contributed by atoms with Crippen LogP contribution in [0.1, 0.15) is 35.1 Å². The molecule has 1 amide bonds. The molecular formula is C21H21N5O3.